The van der Waals surface area contributed by atoms with Gasteiger partial charge in [-0.1, -0.05) is 41.3 Å². The number of nitrogens with zero attached hydrogens (tertiary/aromatic N) is 2. The highest BCUT2D eigenvalue weighted by Gasteiger charge is 2.19. The van der Waals surface area contributed by atoms with Crippen molar-refractivity contribution in [1.29, 1.82) is 0 Å². The lowest BCUT2D eigenvalue weighted by Gasteiger charge is -2.24. The fraction of sp³-hybridized carbons (Fsp3) is 0.471. The van der Waals surface area contributed by atoms with E-state index in [9.17, 15) is 0 Å². The highest BCUT2D eigenvalue weighted by Crippen LogP contribution is 2.32. The number of hydrogen-bond acceptors (Lipinski definition) is 2. The van der Waals surface area contributed by atoms with E-state index in [4.69, 9.17) is 0 Å². The molecule has 2 aromatic rings. The number of rotatable bonds is 3. The smallest absolute Gasteiger partial charge is 0.207 e. The third kappa shape index (κ3) is 3.31. The van der Waals surface area contributed by atoms with Gasteiger partial charge in [-0.2, -0.15) is 0 Å². The summed E-state index contributed by atoms with van der Waals surface area (Å²) >= 11 is 3.59. The predicted octanol–water partition coefficient (Wildman–Crippen LogP) is 5.51. The summed E-state index contributed by atoms with van der Waals surface area (Å²) in [6, 6.07) is 6.93. The van der Waals surface area contributed by atoms with Gasteiger partial charge in [0.15, 0.2) is 0 Å². The van der Waals surface area contributed by atoms with Crippen molar-refractivity contribution in [1.82, 2.24) is 9.55 Å². The van der Waals surface area contributed by atoms with E-state index in [-0.39, 0.29) is 0 Å². The lowest BCUT2D eigenvalue weighted by atomic mass is 9.95. The molecule has 0 spiro atoms. The lowest BCUT2D eigenvalue weighted by Crippen LogP contribution is -2.14. The van der Waals surface area contributed by atoms with Crippen LogP contribution in [0.4, 0.5) is 11.6 Å². The second kappa shape index (κ2) is 6.22. The zero-order valence-electron chi connectivity index (χ0n) is 12.7. The van der Waals surface area contributed by atoms with Crippen LogP contribution in [0.15, 0.2) is 28.9 Å². The van der Waals surface area contributed by atoms with Gasteiger partial charge in [0.25, 0.3) is 0 Å². The SMILES string of the molecule is Cc1cn(C2CCCCC2)c(Nc2ccc(C)c(Br)c2)n1. The summed E-state index contributed by atoms with van der Waals surface area (Å²) in [6.45, 7) is 4.16. The molecule has 1 aliphatic carbocycles. The molecule has 1 heterocycles. The first kappa shape index (κ1) is 14.6. The first-order valence-electron chi connectivity index (χ1n) is 7.72. The topological polar surface area (TPSA) is 29.9 Å². The quantitative estimate of drug-likeness (QED) is 0.792. The van der Waals surface area contributed by atoms with Crippen molar-refractivity contribution in [3.63, 3.8) is 0 Å². The molecule has 1 aromatic carbocycles. The van der Waals surface area contributed by atoms with Gasteiger partial charge in [0.05, 0.1) is 5.69 Å². The first-order chi connectivity index (χ1) is 10.1. The van der Waals surface area contributed by atoms with Crippen LogP contribution in [0.5, 0.6) is 0 Å². The van der Waals surface area contributed by atoms with Crippen molar-refractivity contribution in [3.8, 4) is 0 Å². The summed E-state index contributed by atoms with van der Waals surface area (Å²) in [4.78, 5) is 4.67. The minimum Gasteiger partial charge on any atom is -0.326 e. The normalized spacial score (nSPS) is 16.1. The molecule has 1 aromatic heterocycles. The molecular formula is C17H22BrN3. The average molecular weight is 348 g/mol. The Morgan fingerprint density at radius 2 is 1.95 bits per heavy atom. The van der Waals surface area contributed by atoms with Gasteiger partial charge in [-0.3, -0.25) is 0 Å². The Morgan fingerprint density at radius 3 is 2.67 bits per heavy atom. The number of imidazole rings is 1. The molecule has 3 rings (SSSR count). The third-order valence-electron chi connectivity index (χ3n) is 4.25. The van der Waals surface area contributed by atoms with Gasteiger partial charge in [0.2, 0.25) is 5.95 Å². The van der Waals surface area contributed by atoms with E-state index in [1.165, 1.54) is 37.7 Å². The molecule has 0 saturated heterocycles. The second-order valence-corrected chi connectivity index (χ2v) is 6.85. The first-order valence-corrected chi connectivity index (χ1v) is 8.51. The summed E-state index contributed by atoms with van der Waals surface area (Å²) in [5.74, 6) is 0.968. The number of hydrogen-bond donors (Lipinski definition) is 1. The number of anilines is 2. The highest BCUT2D eigenvalue weighted by molar-refractivity contribution is 9.10. The number of nitrogens with one attached hydrogen (secondary N) is 1. The Morgan fingerprint density at radius 1 is 1.19 bits per heavy atom. The second-order valence-electron chi connectivity index (χ2n) is 5.99. The maximum atomic E-state index is 4.67. The molecule has 0 unspecified atom stereocenters. The minimum absolute atomic E-state index is 0.594. The molecule has 1 N–H and O–H groups in total. The zero-order valence-corrected chi connectivity index (χ0v) is 14.3. The van der Waals surface area contributed by atoms with E-state index in [0.29, 0.717) is 6.04 Å². The summed E-state index contributed by atoms with van der Waals surface area (Å²) in [5, 5.41) is 3.48. The van der Waals surface area contributed by atoms with Crippen LogP contribution >= 0.6 is 15.9 Å². The molecule has 4 heteroatoms. The van der Waals surface area contributed by atoms with Crippen molar-refractivity contribution < 1.29 is 0 Å². The Balaban J connectivity index is 1.85. The fourth-order valence-electron chi connectivity index (χ4n) is 3.05. The van der Waals surface area contributed by atoms with Gasteiger partial charge >= 0.3 is 0 Å². The van der Waals surface area contributed by atoms with E-state index in [1.807, 2.05) is 0 Å². The molecule has 112 valence electrons. The molecule has 1 saturated carbocycles. The molecule has 1 fully saturated rings. The predicted molar refractivity (Wildman–Crippen MR) is 91.2 cm³/mol. The molecule has 0 bridgehead atoms. The Kier molecular flexibility index (Phi) is 4.34. The minimum atomic E-state index is 0.594. The Hall–Kier alpha value is -1.29. The molecule has 0 aliphatic heterocycles. The Bertz CT molecular complexity index is 627. The number of aryl methyl sites for hydroxylation is 2. The lowest BCUT2D eigenvalue weighted by molar-refractivity contribution is 0.356. The number of aromatic nitrogens is 2. The summed E-state index contributed by atoms with van der Waals surface area (Å²) in [5.41, 5.74) is 3.40. The fourth-order valence-corrected chi connectivity index (χ4v) is 3.42. The number of halogens is 1. The standard InChI is InChI=1S/C17H22BrN3/c1-12-8-9-14(10-16(12)18)20-17-19-13(2)11-21(17)15-6-4-3-5-7-15/h8-11,15H,3-7H2,1-2H3,(H,19,20). The van der Waals surface area contributed by atoms with Crippen molar-refractivity contribution in [2.75, 3.05) is 5.32 Å². The van der Waals surface area contributed by atoms with Crippen LogP contribution in [0.1, 0.15) is 49.4 Å². The van der Waals surface area contributed by atoms with E-state index in [2.05, 4.69) is 69.0 Å². The molecule has 0 atom stereocenters. The van der Waals surface area contributed by atoms with E-state index in [1.54, 1.807) is 0 Å². The Labute approximate surface area is 134 Å². The van der Waals surface area contributed by atoms with Gasteiger partial charge in [-0.15, -0.1) is 0 Å². The third-order valence-corrected chi connectivity index (χ3v) is 5.10. The van der Waals surface area contributed by atoms with Crippen LogP contribution in [-0.2, 0) is 0 Å². The van der Waals surface area contributed by atoms with Crippen LogP contribution in [0.3, 0.4) is 0 Å². The molecule has 0 amide bonds. The summed E-state index contributed by atoms with van der Waals surface area (Å²) < 4.78 is 3.46. The van der Waals surface area contributed by atoms with Gasteiger partial charge in [-0.05, 0) is 44.4 Å². The summed E-state index contributed by atoms with van der Waals surface area (Å²) in [7, 11) is 0. The molecule has 0 radical (unpaired) electrons. The monoisotopic (exact) mass is 347 g/mol. The maximum absolute atomic E-state index is 4.67. The van der Waals surface area contributed by atoms with Crippen LogP contribution in [-0.4, -0.2) is 9.55 Å². The van der Waals surface area contributed by atoms with Crippen LogP contribution in [0.25, 0.3) is 0 Å². The maximum Gasteiger partial charge on any atom is 0.207 e. The van der Waals surface area contributed by atoms with Gasteiger partial charge in [-0.25, -0.2) is 4.98 Å². The van der Waals surface area contributed by atoms with Crippen molar-refractivity contribution in [2.45, 2.75) is 52.0 Å². The molecule has 1 aliphatic rings. The van der Waals surface area contributed by atoms with Crippen molar-refractivity contribution in [2.24, 2.45) is 0 Å². The van der Waals surface area contributed by atoms with Crippen LogP contribution in [0.2, 0.25) is 0 Å². The van der Waals surface area contributed by atoms with E-state index < -0.39 is 0 Å². The average Bonchev–Trinajstić information content (AvgIpc) is 2.85. The molecule has 21 heavy (non-hydrogen) atoms. The van der Waals surface area contributed by atoms with Gasteiger partial charge in [0, 0.05) is 22.4 Å². The largest absolute Gasteiger partial charge is 0.326 e. The van der Waals surface area contributed by atoms with Gasteiger partial charge in [0.1, 0.15) is 0 Å². The number of benzene rings is 1. The highest BCUT2D eigenvalue weighted by atomic mass is 79.9. The van der Waals surface area contributed by atoms with E-state index >= 15 is 0 Å². The van der Waals surface area contributed by atoms with Crippen molar-refractivity contribution >= 4 is 27.6 Å². The van der Waals surface area contributed by atoms with Gasteiger partial charge < -0.3 is 9.88 Å². The van der Waals surface area contributed by atoms with Crippen LogP contribution in [0, 0.1) is 13.8 Å². The van der Waals surface area contributed by atoms with Crippen molar-refractivity contribution in [3.05, 3.63) is 40.1 Å². The summed E-state index contributed by atoms with van der Waals surface area (Å²) in [6.07, 6.45) is 8.75. The zero-order chi connectivity index (χ0) is 14.8. The molecular weight excluding hydrogens is 326 g/mol. The molecule has 3 nitrogen and oxygen atoms in total. The van der Waals surface area contributed by atoms with Crippen LogP contribution < -0.4 is 5.32 Å². The van der Waals surface area contributed by atoms with E-state index in [0.717, 1.165) is 21.8 Å².